The van der Waals surface area contributed by atoms with E-state index in [1.807, 2.05) is 0 Å². The molecule has 1 unspecified atom stereocenters. The molecule has 12 nitrogen and oxygen atoms in total. The van der Waals surface area contributed by atoms with Gasteiger partial charge >= 0.3 is 11.7 Å². The highest BCUT2D eigenvalue weighted by atomic mass is 32.2. The second kappa shape index (κ2) is 12.3. The smallest absolute Gasteiger partial charge is 0.316 e. The van der Waals surface area contributed by atoms with Crippen LogP contribution in [0, 0.1) is 10.1 Å². The number of amides is 1. The molecule has 0 N–H and O–H groups in total. The van der Waals surface area contributed by atoms with Gasteiger partial charge in [0.2, 0.25) is 11.7 Å². The normalized spacial score (nSPS) is 13.8. The zero-order chi connectivity index (χ0) is 29.0. The number of fused-ring (bicyclic) bond motifs is 3. The van der Waals surface area contributed by atoms with Gasteiger partial charge in [0.1, 0.15) is 5.75 Å². The fourth-order valence-electron chi connectivity index (χ4n) is 4.62. The average Bonchev–Trinajstić information content (AvgIpc) is 2.91. The third-order valence-electron chi connectivity index (χ3n) is 6.31. The number of carbonyl (C=O) groups excluding carboxylic acids is 2. The largest absolute Gasteiger partial charge is 0.854 e. The predicted octanol–water partition coefficient (Wildman–Crippen LogP) is 3.93. The van der Waals surface area contributed by atoms with Crippen LogP contribution in [-0.4, -0.2) is 39.7 Å². The predicted molar refractivity (Wildman–Crippen MR) is 144 cm³/mol. The van der Waals surface area contributed by atoms with Crippen LogP contribution < -0.4 is 24.2 Å². The molecule has 2 heterocycles. The number of carbonyl (C=O) groups is 2. The SMILES string of the molecule is CCCCCCSc1nc([O-])c2[n+](n1)C(c1cc(OC)cc([N+](=O)[O-])c1OC(C)=O)N(C(C)=O)c1ccccc1-2. The molecular formula is C27H29N5O7S. The maximum Gasteiger partial charge on any atom is 0.316 e. The Morgan fingerprint density at radius 2 is 1.93 bits per heavy atom. The van der Waals surface area contributed by atoms with Gasteiger partial charge in [-0.25, -0.2) is 9.88 Å². The zero-order valence-electron chi connectivity index (χ0n) is 22.6. The Morgan fingerprint density at radius 3 is 2.58 bits per heavy atom. The van der Waals surface area contributed by atoms with Gasteiger partial charge in [0, 0.05) is 24.7 Å². The van der Waals surface area contributed by atoms with Gasteiger partial charge < -0.3 is 14.6 Å². The van der Waals surface area contributed by atoms with Crippen molar-refractivity contribution in [3.05, 3.63) is 52.1 Å². The van der Waals surface area contributed by atoms with Crippen LogP contribution in [0.15, 0.2) is 41.6 Å². The van der Waals surface area contributed by atoms with Crippen molar-refractivity contribution in [1.82, 2.24) is 10.1 Å². The molecule has 1 aliphatic heterocycles. The molecule has 0 fully saturated rings. The number of anilines is 1. The number of nitrogens with zero attached hydrogens (tertiary/aromatic N) is 5. The first-order valence-corrected chi connectivity index (χ1v) is 13.7. The summed E-state index contributed by atoms with van der Waals surface area (Å²) in [6.07, 6.45) is 2.87. The Balaban J connectivity index is 2.01. The van der Waals surface area contributed by atoms with E-state index < -0.39 is 34.5 Å². The van der Waals surface area contributed by atoms with E-state index >= 15 is 0 Å². The highest BCUT2D eigenvalue weighted by Crippen LogP contribution is 2.46. The summed E-state index contributed by atoms with van der Waals surface area (Å²) in [5, 5.41) is 30.4. The molecule has 3 aromatic rings. The second-order valence-corrected chi connectivity index (χ2v) is 10.2. The quantitative estimate of drug-likeness (QED) is 0.0670. The number of ether oxygens (including phenoxy) is 2. The molecule has 0 saturated heterocycles. The number of para-hydroxylation sites is 1. The van der Waals surface area contributed by atoms with E-state index in [2.05, 4.69) is 17.0 Å². The average molecular weight is 568 g/mol. The Bertz CT molecular complexity index is 1470. The molecule has 1 aliphatic rings. The Labute approximate surface area is 235 Å². The van der Waals surface area contributed by atoms with Crippen LogP contribution in [0.3, 0.4) is 0 Å². The van der Waals surface area contributed by atoms with E-state index in [1.54, 1.807) is 24.3 Å². The van der Waals surface area contributed by atoms with Gasteiger partial charge in [-0.1, -0.05) is 54.8 Å². The lowest BCUT2D eigenvalue weighted by Gasteiger charge is -2.33. The number of rotatable bonds is 10. The van der Waals surface area contributed by atoms with Gasteiger partial charge in [-0.2, -0.15) is 0 Å². The topological polar surface area (TPSA) is 152 Å². The first-order valence-electron chi connectivity index (χ1n) is 12.8. The van der Waals surface area contributed by atoms with Gasteiger partial charge in [-0.05, 0) is 24.6 Å². The third-order valence-corrected chi connectivity index (χ3v) is 7.24. The van der Waals surface area contributed by atoms with Crippen molar-refractivity contribution in [3.63, 3.8) is 0 Å². The van der Waals surface area contributed by atoms with Crippen molar-refractivity contribution >= 4 is 35.0 Å². The van der Waals surface area contributed by atoms with Crippen LogP contribution in [0.1, 0.15) is 58.2 Å². The molecule has 4 rings (SSSR count). The number of hydrogen-bond acceptors (Lipinski definition) is 10. The lowest BCUT2D eigenvalue weighted by atomic mass is 10.00. The minimum Gasteiger partial charge on any atom is -0.854 e. The van der Waals surface area contributed by atoms with Gasteiger partial charge in [-0.15, -0.1) is 0 Å². The number of unbranched alkanes of at least 4 members (excludes halogenated alkanes) is 3. The Hall–Kier alpha value is -4.26. The number of nitro groups is 1. The van der Waals surface area contributed by atoms with Crippen molar-refractivity contribution in [2.45, 2.75) is 57.8 Å². The number of benzene rings is 2. The number of esters is 1. The summed E-state index contributed by atoms with van der Waals surface area (Å²) < 4.78 is 12.0. The van der Waals surface area contributed by atoms with Crippen molar-refractivity contribution < 1.29 is 33.8 Å². The maximum atomic E-state index is 13.5. The van der Waals surface area contributed by atoms with Gasteiger partial charge in [-0.3, -0.25) is 19.7 Å². The van der Waals surface area contributed by atoms with Crippen LogP contribution in [0.4, 0.5) is 11.4 Å². The maximum absolute atomic E-state index is 13.5. The fourth-order valence-corrected chi connectivity index (χ4v) is 5.44. The second-order valence-electron chi connectivity index (χ2n) is 9.10. The lowest BCUT2D eigenvalue weighted by molar-refractivity contribution is -0.764. The summed E-state index contributed by atoms with van der Waals surface area (Å²) in [6, 6.07) is 9.31. The molecule has 40 heavy (non-hydrogen) atoms. The zero-order valence-corrected chi connectivity index (χ0v) is 23.4. The minimum absolute atomic E-state index is 0.0363. The Morgan fingerprint density at radius 1 is 1.18 bits per heavy atom. The molecule has 210 valence electrons. The van der Waals surface area contributed by atoms with Gasteiger partial charge in [0.05, 0.1) is 40.8 Å². The van der Waals surface area contributed by atoms with E-state index in [4.69, 9.17) is 9.47 Å². The molecule has 0 spiro atoms. The molecule has 0 saturated carbocycles. The first kappa shape index (κ1) is 28.7. The number of methoxy groups -OCH3 is 1. The molecule has 0 bridgehead atoms. The molecule has 13 heteroatoms. The van der Waals surface area contributed by atoms with Crippen molar-refractivity contribution in [1.29, 1.82) is 0 Å². The molecular weight excluding hydrogens is 538 g/mol. The van der Waals surface area contributed by atoms with Crippen molar-refractivity contribution in [3.8, 4) is 28.6 Å². The third kappa shape index (κ3) is 5.69. The van der Waals surface area contributed by atoms with E-state index in [1.165, 1.54) is 41.4 Å². The molecule has 0 radical (unpaired) electrons. The standard InChI is InChI=1S/C27H29N5O7S/c1-5-6-7-10-13-40-27-28-25(35)23-19-11-8-9-12-21(19)30(16(2)33)26(31(23)29-27)20-14-18(38-4)15-22(32(36)37)24(20)39-17(3)34/h8-9,11-12,14-15,26H,5-7,10,13H2,1-4H3. The van der Waals surface area contributed by atoms with Crippen molar-refractivity contribution in [2.24, 2.45) is 0 Å². The first-order chi connectivity index (χ1) is 19.2. The van der Waals surface area contributed by atoms with Crippen LogP contribution >= 0.6 is 11.8 Å². The van der Waals surface area contributed by atoms with E-state index in [-0.39, 0.29) is 27.9 Å². The van der Waals surface area contributed by atoms with Gasteiger partial charge in [0.25, 0.3) is 17.0 Å². The fraction of sp³-hybridized carbons (Fsp3) is 0.370. The Kier molecular flexibility index (Phi) is 8.83. The molecule has 1 aromatic heterocycles. The summed E-state index contributed by atoms with van der Waals surface area (Å²) >= 11 is 1.31. The summed E-state index contributed by atoms with van der Waals surface area (Å²) in [5.41, 5.74) is 0.377. The summed E-state index contributed by atoms with van der Waals surface area (Å²) in [5.74, 6) is -1.43. The van der Waals surface area contributed by atoms with E-state index in [0.717, 1.165) is 38.7 Å². The number of thioether (sulfide) groups is 1. The minimum atomic E-state index is -1.24. The monoisotopic (exact) mass is 567 g/mol. The number of nitro benzene ring substituents is 1. The number of hydrogen-bond donors (Lipinski definition) is 0. The molecule has 1 atom stereocenters. The van der Waals surface area contributed by atoms with E-state index in [0.29, 0.717) is 17.0 Å². The number of aromatic nitrogens is 3. The lowest BCUT2D eigenvalue weighted by Crippen LogP contribution is -2.59. The summed E-state index contributed by atoms with van der Waals surface area (Å²) in [6.45, 7) is 4.56. The van der Waals surface area contributed by atoms with Gasteiger partial charge in [0.15, 0.2) is 0 Å². The van der Waals surface area contributed by atoms with Crippen LogP contribution in [0.5, 0.6) is 17.4 Å². The highest BCUT2D eigenvalue weighted by Gasteiger charge is 2.47. The summed E-state index contributed by atoms with van der Waals surface area (Å²) in [7, 11) is 1.33. The highest BCUT2D eigenvalue weighted by molar-refractivity contribution is 7.99. The van der Waals surface area contributed by atoms with Crippen molar-refractivity contribution in [2.75, 3.05) is 17.8 Å². The molecule has 0 aliphatic carbocycles. The summed E-state index contributed by atoms with van der Waals surface area (Å²) in [4.78, 5) is 42.2. The molecule has 2 aromatic carbocycles. The van der Waals surface area contributed by atoms with Crippen LogP contribution in [0.2, 0.25) is 0 Å². The van der Waals surface area contributed by atoms with Crippen LogP contribution in [0.25, 0.3) is 11.3 Å². The van der Waals surface area contributed by atoms with Crippen LogP contribution in [-0.2, 0) is 9.59 Å². The van der Waals surface area contributed by atoms with E-state index in [9.17, 15) is 24.8 Å². The molecule has 1 amide bonds.